The molecule has 1 heterocycles. The number of rotatable bonds is 4. The third-order valence-corrected chi connectivity index (χ3v) is 4.49. The summed E-state index contributed by atoms with van der Waals surface area (Å²) in [7, 11) is -2.36. The lowest BCUT2D eigenvalue weighted by Gasteiger charge is -2.12. The first-order chi connectivity index (χ1) is 9.85. The number of aryl methyl sites for hydroxylation is 1. The highest BCUT2D eigenvalue weighted by atomic mass is 35.5. The van der Waals surface area contributed by atoms with Crippen molar-refractivity contribution in [3.63, 3.8) is 0 Å². The number of pyridine rings is 1. The number of anilines is 2. The van der Waals surface area contributed by atoms with Crippen LogP contribution in [0.1, 0.15) is 5.56 Å². The van der Waals surface area contributed by atoms with E-state index in [0.717, 1.165) is 0 Å². The molecule has 0 aliphatic rings. The highest BCUT2D eigenvalue weighted by Crippen LogP contribution is 2.28. The lowest BCUT2D eigenvalue weighted by Crippen LogP contribution is -2.15. The van der Waals surface area contributed by atoms with Crippen LogP contribution in [0.3, 0.4) is 0 Å². The van der Waals surface area contributed by atoms with Crippen LogP contribution < -0.4 is 15.2 Å². The first kappa shape index (κ1) is 15.4. The number of benzene rings is 1. The van der Waals surface area contributed by atoms with Gasteiger partial charge in [0.1, 0.15) is 5.75 Å². The van der Waals surface area contributed by atoms with Gasteiger partial charge in [-0.1, -0.05) is 11.6 Å². The second-order valence-corrected chi connectivity index (χ2v) is 6.34. The number of hydrogen-bond donors (Lipinski definition) is 2. The number of halogens is 1. The fourth-order valence-electron chi connectivity index (χ4n) is 1.72. The lowest BCUT2D eigenvalue weighted by atomic mass is 10.3. The van der Waals surface area contributed by atoms with Crippen LogP contribution in [0.15, 0.2) is 35.4 Å². The molecular formula is C13H14ClN3O3S. The number of nitrogens with zero attached hydrogens (tertiary/aromatic N) is 1. The molecular weight excluding hydrogens is 314 g/mol. The summed E-state index contributed by atoms with van der Waals surface area (Å²) in [5.41, 5.74) is 6.87. The summed E-state index contributed by atoms with van der Waals surface area (Å²) in [5.74, 6) is 0.407. The first-order valence-corrected chi connectivity index (χ1v) is 7.78. The van der Waals surface area contributed by atoms with Crippen molar-refractivity contribution in [3.8, 4) is 5.75 Å². The van der Waals surface area contributed by atoms with Crippen LogP contribution in [0, 0.1) is 6.92 Å². The second-order valence-electron chi connectivity index (χ2n) is 4.30. The summed E-state index contributed by atoms with van der Waals surface area (Å²) in [5, 5.41) is 0.0834. The number of nitrogens with two attached hydrogens (primary N) is 1. The van der Waals surface area contributed by atoms with Crippen molar-refractivity contribution < 1.29 is 13.2 Å². The average molecular weight is 328 g/mol. The minimum atomic E-state index is -3.82. The van der Waals surface area contributed by atoms with Gasteiger partial charge in [0.05, 0.1) is 23.4 Å². The Balaban J connectivity index is 2.41. The van der Waals surface area contributed by atoms with Crippen molar-refractivity contribution in [3.05, 3.63) is 41.2 Å². The molecule has 0 atom stereocenters. The Morgan fingerprint density at radius 2 is 2.05 bits per heavy atom. The zero-order valence-electron chi connectivity index (χ0n) is 11.4. The van der Waals surface area contributed by atoms with Crippen LogP contribution in [0.5, 0.6) is 5.75 Å². The molecule has 3 N–H and O–H groups in total. The summed E-state index contributed by atoms with van der Waals surface area (Å²) in [6.07, 6.45) is 1.50. The molecule has 0 aliphatic heterocycles. The molecule has 2 aromatic rings. The number of sulfonamides is 1. The zero-order valence-corrected chi connectivity index (χ0v) is 13.0. The van der Waals surface area contributed by atoms with Gasteiger partial charge in [0.2, 0.25) is 0 Å². The molecule has 0 saturated heterocycles. The van der Waals surface area contributed by atoms with Crippen molar-refractivity contribution in [1.82, 2.24) is 4.98 Å². The van der Waals surface area contributed by atoms with Crippen LogP contribution in [0.25, 0.3) is 0 Å². The highest BCUT2D eigenvalue weighted by Gasteiger charge is 2.18. The monoisotopic (exact) mass is 327 g/mol. The molecule has 0 fully saturated rings. The van der Waals surface area contributed by atoms with E-state index >= 15 is 0 Å². The molecule has 0 radical (unpaired) electrons. The fourth-order valence-corrected chi connectivity index (χ4v) is 3.20. The van der Waals surface area contributed by atoms with E-state index in [-0.39, 0.29) is 21.4 Å². The number of nitrogens with one attached hydrogen (secondary N) is 1. The second kappa shape index (κ2) is 5.79. The summed E-state index contributed by atoms with van der Waals surface area (Å²) >= 11 is 5.92. The number of nitrogen functional groups attached to an aromatic ring is 1. The van der Waals surface area contributed by atoms with Crippen LogP contribution >= 0.6 is 11.6 Å². The van der Waals surface area contributed by atoms with E-state index in [4.69, 9.17) is 22.1 Å². The van der Waals surface area contributed by atoms with E-state index in [1.165, 1.54) is 31.5 Å². The third kappa shape index (κ3) is 3.20. The van der Waals surface area contributed by atoms with E-state index in [1.54, 1.807) is 13.0 Å². The van der Waals surface area contributed by atoms with Crippen molar-refractivity contribution in [2.75, 3.05) is 17.6 Å². The Hall–Kier alpha value is -1.99. The van der Waals surface area contributed by atoms with E-state index in [2.05, 4.69) is 9.71 Å². The molecule has 0 unspecified atom stereocenters. The average Bonchev–Trinajstić information content (AvgIpc) is 2.43. The molecule has 6 nitrogen and oxygen atoms in total. The van der Waals surface area contributed by atoms with Gasteiger partial charge in [-0.15, -0.1) is 0 Å². The fraction of sp³-hybridized carbons (Fsp3) is 0.154. The smallest absolute Gasteiger partial charge is 0.262 e. The van der Waals surface area contributed by atoms with Gasteiger partial charge in [-0.3, -0.25) is 4.72 Å². The summed E-state index contributed by atoms with van der Waals surface area (Å²) in [6, 6.07) is 5.87. The standard InChI is InChI=1S/C13H14ClN3O3S/c1-8-5-6-16-13(14)12(8)17-21(18,19)9-3-4-11(20-2)10(15)7-9/h3-7,17H,15H2,1-2H3. The molecule has 21 heavy (non-hydrogen) atoms. The van der Waals surface area contributed by atoms with Gasteiger partial charge in [0, 0.05) is 6.20 Å². The summed E-state index contributed by atoms with van der Waals surface area (Å²) < 4.78 is 32.1. The molecule has 0 amide bonds. The molecule has 8 heteroatoms. The minimum absolute atomic E-state index is 0.0140. The van der Waals surface area contributed by atoms with Crippen molar-refractivity contribution >= 4 is 33.0 Å². The molecule has 0 saturated carbocycles. The van der Waals surface area contributed by atoms with Crippen molar-refractivity contribution in [2.24, 2.45) is 0 Å². The Morgan fingerprint density at radius 1 is 1.33 bits per heavy atom. The highest BCUT2D eigenvalue weighted by molar-refractivity contribution is 7.92. The van der Waals surface area contributed by atoms with Crippen LogP contribution in [0.2, 0.25) is 5.15 Å². The van der Waals surface area contributed by atoms with Crippen molar-refractivity contribution in [2.45, 2.75) is 11.8 Å². The molecule has 0 aliphatic carbocycles. The van der Waals surface area contributed by atoms with E-state index < -0.39 is 10.0 Å². The maximum Gasteiger partial charge on any atom is 0.262 e. The molecule has 112 valence electrons. The van der Waals surface area contributed by atoms with Gasteiger partial charge in [0.25, 0.3) is 10.0 Å². The Kier molecular flexibility index (Phi) is 4.24. The quantitative estimate of drug-likeness (QED) is 0.664. The minimum Gasteiger partial charge on any atom is -0.495 e. The molecule has 1 aromatic heterocycles. The maximum atomic E-state index is 12.4. The summed E-state index contributed by atoms with van der Waals surface area (Å²) in [4.78, 5) is 3.87. The van der Waals surface area contributed by atoms with Gasteiger partial charge in [0.15, 0.2) is 5.15 Å². The third-order valence-electron chi connectivity index (χ3n) is 2.86. The SMILES string of the molecule is COc1ccc(S(=O)(=O)Nc2c(C)ccnc2Cl)cc1N. The normalized spacial score (nSPS) is 11.2. The Morgan fingerprint density at radius 3 is 2.62 bits per heavy atom. The van der Waals surface area contributed by atoms with Gasteiger partial charge in [-0.05, 0) is 36.8 Å². The van der Waals surface area contributed by atoms with E-state index in [9.17, 15) is 8.42 Å². The molecule has 1 aromatic carbocycles. The van der Waals surface area contributed by atoms with Crippen LogP contribution in [-0.2, 0) is 10.0 Å². The molecule has 2 rings (SSSR count). The van der Waals surface area contributed by atoms with E-state index in [0.29, 0.717) is 11.3 Å². The molecule has 0 bridgehead atoms. The Labute approximate surface area is 128 Å². The topological polar surface area (TPSA) is 94.3 Å². The summed E-state index contributed by atoms with van der Waals surface area (Å²) in [6.45, 7) is 1.73. The largest absolute Gasteiger partial charge is 0.495 e. The zero-order chi connectivity index (χ0) is 15.6. The predicted molar refractivity (Wildman–Crippen MR) is 82.2 cm³/mol. The number of ether oxygens (including phenoxy) is 1. The predicted octanol–water partition coefficient (Wildman–Crippen LogP) is 2.44. The number of aromatic nitrogens is 1. The number of methoxy groups -OCH3 is 1. The Bertz CT molecular complexity index is 758. The van der Waals surface area contributed by atoms with E-state index in [1.807, 2.05) is 0 Å². The maximum absolute atomic E-state index is 12.4. The van der Waals surface area contributed by atoms with Crippen molar-refractivity contribution in [1.29, 1.82) is 0 Å². The lowest BCUT2D eigenvalue weighted by molar-refractivity contribution is 0.416. The van der Waals surface area contributed by atoms with Gasteiger partial charge >= 0.3 is 0 Å². The molecule has 0 spiro atoms. The van der Waals surface area contributed by atoms with Crippen LogP contribution in [-0.4, -0.2) is 20.5 Å². The first-order valence-electron chi connectivity index (χ1n) is 5.92. The van der Waals surface area contributed by atoms with Gasteiger partial charge in [-0.2, -0.15) is 0 Å². The van der Waals surface area contributed by atoms with Gasteiger partial charge in [-0.25, -0.2) is 13.4 Å². The number of hydrogen-bond acceptors (Lipinski definition) is 5. The van der Waals surface area contributed by atoms with Gasteiger partial charge < -0.3 is 10.5 Å². The van der Waals surface area contributed by atoms with Crippen LogP contribution in [0.4, 0.5) is 11.4 Å².